The van der Waals surface area contributed by atoms with Crippen LogP contribution < -0.4 is 10.2 Å². The summed E-state index contributed by atoms with van der Waals surface area (Å²) in [6, 6.07) is 20.0. The Morgan fingerprint density at radius 2 is 1.86 bits per heavy atom. The summed E-state index contributed by atoms with van der Waals surface area (Å²) in [5, 5.41) is 22.1. The molecule has 0 radical (unpaired) electrons. The Hall–Kier alpha value is -4.18. The maximum atomic E-state index is 5.90. The SMILES string of the molecule is CC(C)C1CN(c2ccc(-c3ccc4nonc4c3)nn2)CCN1C(=S)Nc1cccc2ncccc12. The Morgan fingerprint density at radius 3 is 2.70 bits per heavy atom. The van der Waals surface area contributed by atoms with Crippen LogP contribution in [0.15, 0.2) is 71.5 Å². The first kappa shape index (κ1) is 23.2. The molecule has 1 N–H and O–H groups in total. The summed E-state index contributed by atoms with van der Waals surface area (Å²) in [6.07, 6.45) is 1.81. The van der Waals surface area contributed by atoms with Gasteiger partial charge in [-0.2, -0.15) is 0 Å². The number of nitrogens with zero attached hydrogens (tertiary/aromatic N) is 7. The fraction of sp³-hybridized carbons (Fsp3) is 0.259. The highest BCUT2D eigenvalue weighted by molar-refractivity contribution is 7.80. The first-order chi connectivity index (χ1) is 18.1. The van der Waals surface area contributed by atoms with Crippen molar-refractivity contribution in [1.29, 1.82) is 0 Å². The third kappa shape index (κ3) is 4.55. The quantitative estimate of drug-likeness (QED) is 0.341. The molecular formula is C27H26N8OS. The monoisotopic (exact) mass is 510 g/mol. The number of aromatic nitrogens is 5. The minimum absolute atomic E-state index is 0.227. The van der Waals surface area contributed by atoms with Gasteiger partial charge < -0.3 is 15.1 Å². The topological polar surface area (TPSA) is 96.1 Å². The molecule has 4 heterocycles. The molecule has 1 unspecified atom stereocenters. The summed E-state index contributed by atoms with van der Waals surface area (Å²) >= 11 is 5.90. The molecule has 2 aromatic carbocycles. The smallest absolute Gasteiger partial charge is 0.173 e. The molecular weight excluding hydrogens is 484 g/mol. The number of pyridine rings is 1. The first-order valence-electron chi connectivity index (χ1n) is 12.3. The van der Waals surface area contributed by atoms with Crippen LogP contribution in [0.4, 0.5) is 11.5 Å². The average Bonchev–Trinajstić information content (AvgIpc) is 3.41. The third-order valence-corrected chi connectivity index (χ3v) is 7.20. The Bertz CT molecular complexity index is 1560. The van der Waals surface area contributed by atoms with Crippen LogP contribution in [0.25, 0.3) is 33.2 Å². The van der Waals surface area contributed by atoms with Crippen molar-refractivity contribution in [2.75, 3.05) is 29.9 Å². The number of anilines is 2. The van der Waals surface area contributed by atoms with Gasteiger partial charge in [-0.3, -0.25) is 4.98 Å². The van der Waals surface area contributed by atoms with E-state index in [0.29, 0.717) is 11.4 Å². The van der Waals surface area contributed by atoms with E-state index in [2.05, 4.69) is 60.5 Å². The van der Waals surface area contributed by atoms with Crippen molar-refractivity contribution in [2.24, 2.45) is 5.92 Å². The van der Waals surface area contributed by atoms with Gasteiger partial charge in [-0.1, -0.05) is 26.0 Å². The summed E-state index contributed by atoms with van der Waals surface area (Å²) in [7, 11) is 0. The zero-order valence-corrected chi connectivity index (χ0v) is 21.4. The van der Waals surface area contributed by atoms with Crippen LogP contribution in [-0.2, 0) is 0 Å². The van der Waals surface area contributed by atoms with E-state index in [1.165, 1.54) is 0 Å². The minimum atomic E-state index is 0.227. The summed E-state index contributed by atoms with van der Waals surface area (Å²) in [4.78, 5) is 9.04. The number of piperazine rings is 1. The van der Waals surface area contributed by atoms with Crippen LogP contribution in [0, 0.1) is 5.92 Å². The molecule has 6 rings (SSSR count). The molecule has 1 saturated heterocycles. The van der Waals surface area contributed by atoms with Gasteiger partial charge >= 0.3 is 0 Å². The number of hydrogen-bond acceptors (Lipinski definition) is 8. The number of fused-ring (bicyclic) bond motifs is 2. The van der Waals surface area contributed by atoms with Crippen molar-refractivity contribution in [3.8, 4) is 11.3 Å². The van der Waals surface area contributed by atoms with Gasteiger partial charge in [0, 0.05) is 42.5 Å². The van der Waals surface area contributed by atoms with E-state index in [1.54, 1.807) is 6.20 Å². The van der Waals surface area contributed by atoms with Gasteiger partial charge in [0.25, 0.3) is 0 Å². The molecule has 37 heavy (non-hydrogen) atoms. The molecule has 1 atom stereocenters. The van der Waals surface area contributed by atoms with Crippen LogP contribution in [0.1, 0.15) is 13.8 Å². The van der Waals surface area contributed by atoms with Gasteiger partial charge in [0.05, 0.1) is 17.3 Å². The zero-order valence-electron chi connectivity index (χ0n) is 20.6. The summed E-state index contributed by atoms with van der Waals surface area (Å²) in [5.41, 5.74) is 5.04. The second kappa shape index (κ2) is 9.70. The van der Waals surface area contributed by atoms with Crippen LogP contribution in [0.5, 0.6) is 0 Å². The van der Waals surface area contributed by atoms with Crippen molar-refractivity contribution in [1.82, 2.24) is 30.4 Å². The molecule has 1 fully saturated rings. The molecule has 0 saturated carbocycles. The van der Waals surface area contributed by atoms with Crippen LogP contribution in [-0.4, -0.2) is 61.2 Å². The number of benzene rings is 2. The lowest BCUT2D eigenvalue weighted by atomic mass is 10.00. The lowest BCUT2D eigenvalue weighted by Gasteiger charge is -2.45. The highest BCUT2D eigenvalue weighted by Crippen LogP contribution is 2.27. The Morgan fingerprint density at radius 1 is 0.973 bits per heavy atom. The normalized spacial score (nSPS) is 16.0. The standard InChI is InChI=1S/C27H26N8OS/c1-17(2)25-16-34(26-11-10-20(30-31-26)18-8-9-23-24(15-18)33-36-32-23)13-14-35(25)27(37)29-22-7-3-6-21-19(22)5-4-12-28-21/h3-12,15,17,25H,13-14,16H2,1-2H3,(H,29,37). The number of thiocarbonyl (C=S) groups is 1. The number of hydrogen-bond donors (Lipinski definition) is 1. The molecule has 10 heteroatoms. The second-order valence-corrected chi connectivity index (χ2v) is 9.89. The lowest BCUT2D eigenvalue weighted by Crippen LogP contribution is -2.58. The predicted molar refractivity (Wildman–Crippen MR) is 148 cm³/mol. The van der Waals surface area contributed by atoms with Gasteiger partial charge in [-0.05, 0) is 77.0 Å². The van der Waals surface area contributed by atoms with Crippen LogP contribution >= 0.6 is 12.2 Å². The first-order valence-corrected chi connectivity index (χ1v) is 12.7. The van der Waals surface area contributed by atoms with Crippen molar-refractivity contribution >= 4 is 50.8 Å². The molecule has 5 aromatic rings. The summed E-state index contributed by atoms with van der Waals surface area (Å²) < 4.78 is 4.80. The Labute approximate surface area is 219 Å². The van der Waals surface area contributed by atoms with E-state index >= 15 is 0 Å². The van der Waals surface area contributed by atoms with E-state index in [0.717, 1.165) is 63.9 Å². The number of nitrogens with one attached hydrogen (secondary N) is 1. The minimum Gasteiger partial charge on any atom is -0.351 e. The molecule has 0 spiro atoms. The maximum absolute atomic E-state index is 5.90. The van der Waals surface area contributed by atoms with Crippen molar-refractivity contribution in [3.05, 3.63) is 66.9 Å². The van der Waals surface area contributed by atoms with Crippen LogP contribution in [0.2, 0.25) is 0 Å². The second-order valence-electron chi connectivity index (χ2n) is 9.50. The largest absolute Gasteiger partial charge is 0.351 e. The highest BCUT2D eigenvalue weighted by Gasteiger charge is 2.31. The van der Waals surface area contributed by atoms with Crippen molar-refractivity contribution in [2.45, 2.75) is 19.9 Å². The molecule has 0 bridgehead atoms. The highest BCUT2D eigenvalue weighted by atomic mass is 32.1. The molecule has 0 aliphatic carbocycles. The molecule has 9 nitrogen and oxygen atoms in total. The molecule has 1 aliphatic heterocycles. The fourth-order valence-electron chi connectivity index (χ4n) is 4.83. The lowest BCUT2D eigenvalue weighted by molar-refractivity contribution is 0.227. The fourth-order valence-corrected chi connectivity index (χ4v) is 5.17. The zero-order chi connectivity index (χ0) is 25.4. The van der Waals surface area contributed by atoms with E-state index in [9.17, 15) is 0 Å². The summed E-state index contributed by atoms with van der Waals surface area (Å²) in [5.74, 6) is 1.25. The van der Waals surface area contributed by atoms with Gasteiger partial charge in [0.1, 0.15) is 11.0 Å². The van der Waals surface area contributed by atoms with Crippen molar-refractivity contribution in [3.63, 3.8) is 0 Å². The molecule has 1 aliphatic rings. The van der Waals surface area contributed by atoms with Crippen LogP contribution in [0.3, 0.4) is 0 Å². The third-order valence-electron chi connectivity index (χ3n) is 6.86. The Kier molecular flexibility index (Phi) is 6.09. The van der Waals surface area contributed by atoms with E-state index in [4.69, 9.17) is 16.8 Å². The molecule has 3 aromatic heterocycles. The van der Waals surface area contributed by atoms with Gasteiger partial charge in [-0.25, -0.2) is 4.63 Å². The number of rotatable bonds is 4. The Balaban J connectivity index is 1.18. The van der Waals surface area contributed by atoms with Gasteiger partial charge in [0.2, 0.25) is 0 Å². The molecule has 186 valence electrons. The van der Waals surface area contributed by atoms with Gasteiger partial charge in [-0.15, -0.1) is 10.2 Å². The van der Waals surface area contributed by atoms with Gasteiger partial charge in [0.15, 0.2) is 10.9 Å². The average molecular weight is 511 g/mol. The maximum Gasteiger partial charge on any atom is 0.173 e. The van der Waals surface area contributed by atoms with E-state index < -0.39 is 0 Å². The van der Waals surface area contributed by atoms with E-state index in [1.807, 2.05) is 54.6 Å². The summed E-state index contributed by atoms with van der Waals surface area (Å²) in [6.45, 7) is 6.86. The van der Waals surface area contributed by atoms with E-state index in [-0.39, 0.29) is 6.04 Å². The van der Waals surface area contributed by atoms with Crippen molar-refractivity contribution < 1.29 is 4.63 Å². The molecule has 0 amide bonds. The predicted octanol–water partition coefficient (Wildman–Crippen LogP) is 4.77.